The number of ether oxygens (including phenoxy) is 1. The van der Waals surface area contributed by atoms with Gasteiger partial charge in [-0.2, -0.15) is 4.98 Å². The van der Waals surface area contributed by atoms with Crippen LogP contribution in [0, 0.1) is 5.92 Å². The van der Waals surface area contributed by atoms with Gasteiger partial charge in [0.2, 0.25) is 5.95 Å². The number of likely N-dealkylation sites (tertiary alicyclic amines) is 1. The van der Waals surface area contributed by atoms with Crippen LogP contribution in [0.15, 0.2) is 24.4 Å². The van der Waals surface area contributed by atoms with Crippen molar-refractivity contribution in [2.24, 2.45) is 5.92 Å². The van der Waals surface area contributed by atoms with Crippen LogP contribution < -0.4 is 20.7 Å². The number of amides is 2. The zero-order chi connectivity index (χ0) is 20.8. The van der Waals surface area contributed by atoms with Crippen LogP contribution in [0.5, 0.6) is 5.75 Å². The minimum Gasteiger partial charge on any atom is -0.491 e. The fourth-order valence-corrected chi connectivity index (χ4v) is 3.45. The number of halogens is 2. The summed E-state index contributed by atoms with van der Waals surface area (Å²) in [4.78, 5) is 23.2. The molecule has 1 unspecified atom stereocenters. The van der Waals surface area contributed by atoms with Crippen LogP contribution in [0.2, 0.25) is 10.0 Å². The summed E-state index contributed by atoms with van der Waals surface area (Å²) in [6.07, 6.45) is 2.67. The van der Waals surface area contributed by atoms with Crippen molar-refractivity contribution in [3.63, 3.8) is 0 Å². The number of carbonyl (C=O) groups excluding carboxylic acids is 1. The number of benzene rings is 1. The quantitative estimate of drug-likeness (QED) is 0.600. The monoisotopic (exact) mass is 438 g/mol. The van der Waals surface area contributed by atoms with E-state index >= 15 is 0 Å². The molecule has 2 aromatic rings. The molecule has 29 heavy (non-hydrogen) atoms. The Bertz CT molecular complexity index is 867. The smallest absolute Gasteiger partial charge is 0.326 e. The van der Waals surface area contributed by atoms with Crippen molar-refractivity contribution in [1.29, 1.82) is 0 Å². The Kier molecular flexibility index (Phi) is 7.35. The normalized spacial score (nSPS) is 16.5. The van der Waals surface area contributed by atoms with Crippen molar-refractivity contribution >= 4 is 46.7 Å². The van der Waals surface area contributed by atoms with Gasteiger partial charge in [-0.1, -0.05) is 30.1 Å². The fraction of sp³-hybridized carbons (Fsp3) is 0.421. The lowest BCUT2D eigenvalue weighted by atomic mass is 10.1. The third-order valence-corrected chi connectivity index (χ3v) is 5.49. The van der Waals surface area contributed by atoms with Crippen LogP contribution in [-0.4, -0.2) is 54.2 Å². The van der Waals surface area contributed by atoms with Crippen molar-refractivity contribution in [2.45, 2.75) is 13.3 Å². The van der Waals surface area contributed by atoms with E-state index in [0.29, 0.717) is 33.2 Å². The van der Waals surface area contributed by atoms with E-state index in [0.717, 1.165) is 32.6 Å². The molecule has 2 amide bonds. The Morgan fingerprint density at radius 2 is 2.14 bits per heavy atom. The van der Waals surface area contributed by atoms with E-state index in [-0.39, 0.29) is 5.95 Å². The summed E-state index contributed by atoms with van der Waals surface area (Å²) in [5, 5.41) is 9.36. The van der Waals surface area contributed by atoms with E-state index < -0.39 is 6.03 Å². The Labute approximate surface area is 179 Å². The highest BCUT2D eigenvalue weighted by Gasteiger charge is 2.21. The molecule has 0 saturated carbocycles. The summed E-state index contributed by atoms with van der Waals surface area (Å²) < 4.78 is 5.33. The van der Waals surface area contributed by atoms with E-state index in [1.54, 1.807) is 25.3 Å². The number of rotatable bonds is 7. The van der Waals surface area contributed by atoms with Gasteiger partial charge in [-0.15, -0.1) is 0 Å². The number of carbonyl (C=O) groups is 1. The summed E-state index contributed by atoms with van der Waals surface area (Å²) >= 11 is 11.8. The summed E-state index contributed by atoms with van der Waals surface area (Å²) in [6.45, 7) is 6.19. The number of hydrogen-bond donors (Lipinski definition) is 3. The van der Waals surface area contributed by atoms with Gasteiger partial charge in [-0.3, -0.25) is 5.32 Å². The topological polar surface area (TPSA) is 91.4 Å². The zero-order valence-electron chi connectivity index (χ0n) is 16.3. The molecule has 1 aromatic carbocycles. The van der Waals surface area contributed by atoms with Crippen molar-refractivity contribution in [2.75, 3.05) is 49.2 Å². The Balaban J connectivity index is 1.61. The highest BCUT2D eigenvalue weighted by atomic mass is 35.5. The molecule has 1 fully saturated rings. The molecular weight excluding hydrogens is 415 g/mol. The second-order valence-electron chi connectivity index (χ2n) is 6.75. The van der Waals surface area contributed by atoms with Crippen molar-refractivity contribution in [3.05, 3.63) is 34.4 Å². The lowest BCUT2D eigenvalue weighted by Crippen LogP contribution is -2.23. The fourth-order valence-electron chi connectivity index (χ4n) is 3.15. The third-order valence-electron chi connectivity index (χ3n) is 4.75. The maximum atomic E-state index is 12.2. The number of methoxy groups -OCH3 is 1. The Hall–Kier alpha value is -2.29. The highest BCUT2D eigenvalue weighted by Crippen LogP contribution is 2.26. The number of anilines is 3. The number of aromatic nitrogens is 2. The molecule has 3 N–H and O–H groups in total. The van der Waals surface area contributed by atoms with E-state index in [1.165, 1.54) is 6.20 Å². The molecule has 1 aliphatic heterocycles. The predicted octanol–water partition coefficient (Wildman–Crippen LogP) is 4.19. The van der Waals surface area contributed by atoms with Gasteiger partial charge >= 0.3 is 6.03 Å². The summed E-state index contributed by atoms with van der Waals surface area (Å²) in [5.41, 5.74) is 0.505. The first-order chi connectivity index (χ1) is 14.0. The highest BCUT2D eigenvalue weighted by molar-refractivity contribution is 6.42. The van der Waals surface area contributed by atoms with Gasteiger partial charge in [-0.25, -0.2) is 9.78 Å². The van der Waals surface area contributed by atoms with E-state index in [1.807, 2.05) is 0 Å². The molecule has 1 aromatic heterocycles. The number of hydrogen-bond acceptors (Lipinski definition) is 6. The van der Waals surface area contributed by atoms with Gasteiger partial charge in [0.25, 0.3) is 0 Å². The molecular formula is C19H24Cl2N6O2. The van der Waals surface area contributed by atoms with E-state index in [9.17, 15) is 4.79 Å². The first kappa shape index (κ1) is 21.4. The van der Waals surface area contributed by atoms with Gasteiger partial charge < -0.3 is 20.3 Å². The third kappa shape index (κ3) is 5.85. The van der Waals surface area contributed by atoms with E-state index in [4.69, 9.17) is 27.9 Å². The minimum absolute atomic E-state index is 0.160. The molecule has 0 radical (unpaired) electrons. The minimum atomic E-state index is -0.492. The average Bonchev–Trinajstić information content (AvgIpc) is 3.17. The molecule has 0 spiro atoms. The van der Waals surface area contributed by atoms with Crippen molar-refractivity contribution < 1.29 is 9.53 Å². The van der Waals surface area contributed by atoms with Crippen molar-refractivity contribution in [3.8, 4) is 5.75 Å². The summed E-state index contributed by atoms with van der Waals surface area (Å²) in [7, 11) is 1.56. The molecule has 1 aliphatic rings. The average molecular weight is 439 g/mol. The maximum absolute atomic E-state index is 12.2. The van der Waals surface area contributed by atoms with Crippen LogP contribution in [0.4, 0.5) is 22.2 Å². The lowest BCUT2D eigenvalue weighted by Gasteiger charge is -2.16. The molecule has 2 heterocycles. The van der Waals surface area contributed by atoms with Gasteiger partial charge in [-0.05, 0) is 43.6 Å². The van der Waals surface area contributed by atoms with Crippen molar-refractivity contribution in [1.82, 2.24) is 14.9 Å². The van der Waals surface area contributed by atoms with Gasteiger partial charge in [0.15, 0.2) is 11.6 Å². The molecule has 10 heteroatoms. The first-order valence-electron chi connectivity index (χ1n) is 9.38. The van der Waals surface area contributed by atoms with Gasteiger partial charge in [0.05, 0.1) is 23.4 Å². The lowest BCUT2D eigenvalue weighted by molar-refractivity contribution is 0.262. The molecule has 156 valence electrons. The number of nitrogens with one attached hydrogen (secondary N) is 3. The number of nitrogens with zero attached hydrogens (tertiary/aromatic N) is 3. The molecule has 8 nitrogen and oxygen atoms in total. The summed E-state index contributed by atoms with van der Waals surface area (Å²) in [5.74, 6) is 1.77. The SMILES string of the molecule is CCN1CCC(CNc2nc(NC(=O)Nc3ccc(Cl)c(Cl)c3)ncc2OC)C1. The van der Waals surface area contributed by atoms with Gasteiger partial charge in [0, 0.05) is 18.8 Å². The second-order valence-corrected chi connectivity index (χ2v) is 7.56. The molecule has 1 saturated heterocycles. The van der Waals surface area contributed by atoms with Crippen LogP contribution in [-0.2, 0) is 0 Å². The predicted molar refractivity (Wildman–Crippen MR) is 116 cm³/mol. The number of urea groups is 1. The first-order valence-corrected chi connectivity index (χ1v) is 10.1. The Morgan fingerprint density at radius 3 is 2.83 bits per heavy atom. The second kappa shape index (κ2) is 9.96. The van der Waals surface area contributed by atoms with Gasteiger partial charge in [0.1, 0.15) is 0 Å². The van der Waals surface area contributed by atoms with E-state index in [2.05, 4.69) is 37.7 Å². The standard InChI is InChI=1S/C19H24Cl2N6O2/c1-3-27-7-6-12(11-27)9-22-17-16(29-2)10-23-18(25-17)26-19(28)24-13-4-5-14(20)15(21)8-13/h4-5,8,10,12H,3,6-7,9,11H2,1-2H3,(H3,22,23,24,25,26,28). The largest absolute Gasteiger partial charge is 0.491 e. The Morgan fingerprint density at radius 1 is 1.31 bits per heavy atom. The summed E-state index contributed by atoms with van der Waals surface area (Å²) in [6, 6.07) is 4.33. The van der Waals surface area contributed by atoms with Crippen LogP contribution >= 0.6 is 23.2 Å². The molecule has 3 rings (SSSR count). The van der Waals surface area contributed by atoms with Crippen LogP contribution in [0.1, 0.15) is 13.3 Å². The van der Waals surface area contributed by atoms with Crippen LogP contribution in [0.25, 0.3) is 0 Å². The molecule has 0 bridgehead atoms. The zero-order valence-corrected chi connectivity index (χ0v) is 17.8. The molecule has 0 aliphatic carbocycles. The van der Waals surface area contributed by atoms with Crippen LogP contribution in [0.3, 0.4) is 0 Å². The molecule has 1 atom stereocenters. The maximum Gasteiger partial charge on any atom is 0.326 e.